The first-order chi connectivity index (χ1) is 9.53. The highest BCUT2D eigenvalue weighted by Crippen LogP contribution is 2.07. The lowest BCUT2D eigenvalue weighted by atomic mass is 10.0. The van der Waals surface area contributed by atoms with E-state index in [1.54, 1.807) is 19.0 Å². The van der Waals surface area contributed by atoms with Gasteiger partial charge in [-0.3, -0.25) is 4.79 Å². The largest absolute Gasteiger partial charge is 0.444 e. The molecule has 0 aromatic heterocycles. The Morgan fingerprint density at radius 3 is 2.14 bits per heavy atom. The van der Waals surface area contributed by atoms with Crippen molar-refractivity contribution in [1.82, 2.24) is 15.5 Å². The van der Waals surface area contributed by atoms with Gasteiger partial charge in [0.25, 0.3) is 0 Å². The summed E-state index contributed by atoms with van der Waals surface area (Å²) in [5.74, 6) is 0.478. The number of hydrogen-bond acceptors (Lipinski definition) is 4. The fourth-order valence-electron chi connectivity index (χ4n) is 1.78. The van der Waals surface area contributed by atoms with E-state index in [0.717, 1.165) is 6.42 Å². The van der Waals surface area contributed by atoms with Gasteiger partial charge in [0.05, 0.1) is 6.04 Å². The van der Waals surface area contributed by atoms with Crippen LogP contribution in [0.4, 0.5) is 4.79 Å². The van der Waals surface area contributed by atoms with Crippen molar-refractivity contribution in [3.63, 3.8) is 0 Å². The Labute approximate surface area is 128 Å². The molecular formula is C15H31N3O3. The molecule has 0 saturated carbocycles. The van der Waals surface area contributed by atoms with Crippen LogP contribution < -0.4 is 10.6 Å². The maximum Gasteiger partial charge on any atom is 0.407 e. The normalized spacial score (nSPS) is 13.0. The van der Waals surface area contributed by atoms with Crippen molar-refractivity contribution >= 4 is 12.0 Å². The first-order valence-electron chi connectivity index (χ1n) is 7.44. The molecule has 2 N–H and O–H groups in total. The van der Waals surface area contributed by atoms with Gasteiger partial charge in [-0.25, -0.2) is 4.79 Å². The quantitative estimate of drug-likeness (QED) is 0.701. The third-order valence-electron chi connectivity index (χ3n) is 2.63. The highest BCUT2D eigenvalue weighted by molar-refractivity contribution is 5.81. The van der Waals surface area contributed by atoms with Crippen LogP contribution in [0.15, 0.2) is 0 Å². The molecule has 0 aromatic carbocycles. The van der Waals surface area contributed by atoms with Gasteiger partial charge in [-0.2, -0.15) is 0 Å². The molecule has 1 unspecified atom stereocenters. The van der Waals surface area contributed by atoms with Gasteiger partial charge in [-0.05, 0) is 33.1 Å². The third kappa shape index (κ3) is 10.1. The smallest absolute Gasteiger partial charge is 0.407 e. The lowest BCUT2D eigenvalue weighted by Gasteiger charge is -2.23. The van der Waals surface area contributed by atoms with Crippen LogP contribution in [-0.2, 0) is 9.53 Å². The fraction of sp³-hybridized carbons (Fsp3) is 0.867. The van der Waals surface area contributed by atoms with Gasteiger partial charge in [-0.1, -0.05) is 13.8 Å². The van der Waals surface area contributed by atoms with E-state index in [-0.39, 0.29) is 11.9 Å². The first-order valence-corrected chi connectivity index (χ1v) is 7.44. The molecule has 0 heterocycles. The number of ether oxygens (including phenoxy) is 1. The molecule has 1 atom stereocenters. The zero-order valence-corrected chi connectivity index (χ0v) is 14.4. The number of nitrogens with one attached hydrogen (secondary N) is 2. The van der Waals surface area contributed by atoms with Crippen molar-refractivity contribution < 1.29 is 14.3 Å². The Hall–Kier alpha value is -1.30. The van der Waals surface area contributed by atoms with Crippen LogP contribution >= 0.6 is 0 Å². The van der Waals surface area contributed by atoms with Crippen molar-refractivity contribution in [2.75, 3.05) is 27.2 Å². The zero-order valence-electron chi connectivity index (χ0n) is 14.4. The average molecular weight is 301 g/mol. The second-order valence-corrected chi connectivity index (χ2v) is 6.80. The predicted octanol–water partition coefficient (Wildman–Crippen LogP) is 1.60. The van der Waals surface area contributed by atoms with Crippen molar-refractivity contribution in [3.8, 4) is 0 Å². The molecule has 0 saturated heterocycles. The minimum Gasteiger partial charge on any atom is -0.444 e. The molecule has 0 fully saturated rings. The van der Waals surface area contributed by atoms with E-state index in [0.29, 0.717) is 19.0 Å². The Morgan fingerprint density at radius 2 is 1.71 bits per heavy atom. The van der Waals surface area contributed by atoms with Crippen molar-refractivity contribution in [1.29, 1.82) is 0 Å². The van der Waals surface area contributed by atoms with Crippen LogP contribution in [-0.4, -0.2) is 55.7 Å². The standard InChI is InChI=1S/C15H31N3O3/c1-11(2)10-12(13(19)18(6)7)16-8-9-17-14(20)21-15(3,4)5/h11-12,16H,8-10H2,1-7H3,(H,17,20). The van der Waals surface area contributed by atoms with Crippen LogP contribution in [0.3, 0.4) is 0 Å². The van der Waals surface area contributed by atoms with Crippen LogP contribution in [0.25, 0.3) is 0 Å². The molecular weight excluding hydrogens is 270 g/mol. The topological polar surface area (TPSA) is 70.7 Å². The number of hydrogen-bond donors (Lipinski definition) is 2. The number of rotatable bonds is 7. The molecule has 2 amide bonds. The number of carbonyl (C=O) groups excluding carboxylic acids is 2. The van der Waals surface area contributed by atoms with E-state index in [1.165, 1.54) is 0 Å². The van der Waals surface area contributed by atoms with Gasteiger partial charge in [0.1, 0.15) is 5.60 Å². The SMILES string of the molecule is CC(C)CC(NCCNC(=O)OC(C)(C)C)C(=O)N(C)C. The minimum absolute atomic E-state index is 0.0565. The number of likely N-dealkylation sites (N-methyl/N-ethyl adjacent to an activating group) is 1. The maximum absolute atomic E-state index is 12.0. The number of carbonyl (C=O) groups is 2. The number of alkyl carbamates (subject to hydrolysis) is 1. The summed E-state index contributed by atoms with van der Waals surface area (Å²) in [6, 6.07) is -0.222. The average Bonchev–Trinajstić information content (AvgIpc) is 2.29. The molecule has 0 rings (SSSR count). The summed E-state index contributed by atoms with van der Waals surface area (Å²) in [7, 11) is 3.49. The summed E-state index contributed by atoms with van der Waals surface area (Å²) in [6.07, 6.45) is 0.326. The molecule has 0 bridgehead atoms. The van der Waals surface area contributed by atoms with Crippen LogP contribution in [0.5, 0.6) is 0 Å². The Balaban J connectivity index is 4.14. The molecule has 6 nitrogen and oxygen atoms in total. The monoisotopic (exact) mass is 301 g/mol. The Bertz CT molecular complexity index is 336. The van der Waals surface area contributed by atoms with Crippen molar-refractivity contribution in [3.05, 3.63) is 0 Å². The first kappa shape index (κ1) is 19.7. The zero-order chi connectivity index (χ0) is 16.6. The van der Waals surface area contributed by atoms with E-state index >= 15 is 0 Å². The van der Waals surface area contributed by atoms with Crippen LogP contribution in [0.1, 0.15) is 41.0 Å². The molecule has 0 aliphatic heterocycles. The van der Waals surface area contributed by atoms with E-state index in [2.05, 4.69) is 24.5 Å². The molecule has 0 aliphatic carbocycles. The Kier molecular flexibility index (Phi) is 8.32. The predicted molar refractivity (Wildman–Crippen MR) is 84.2 cm³/mol. The fourth-order valence-corrected chi connectivity index (χ4v) is 1.78. The molecule has 6 heteroatoms. The minimum atomic E-state index is -0.501. The van der Waals surface area contributed by atoms with Crippen LogP contribution in [0.2, 0.25) is 0 Å². The molecule has 21 heavy (non-hydrogen) atoms. The highest BCUT2D eigenvalue weighted by Gasteiger charge is 2.21. The van der Waals surface area contributed by atoms with Gasteiger partial charge in [0, 0.05) is 27.2 Å². The van der Waals surface area contributed by atoms with E-state index in [1.807, 2.05) is 20.8 Å². The summed E-state index contributed by atoms with van der Waals surface area (Å²) >= 11 is 0. The van der Waals surface area contributed by atoms with Gasteiger partial charge in [-0.15, -0.1) is 0 Å². The van der Waals surface area contributed by atoms with E-state index in [9.17, 15) is 9.59 Å². The lowest BCUT2D eigenvalue weighted by Crippen LogP contribution is -2.47. The maximum atomic E-state index is 12.0. The summed E-state index contributed by atoms with van der Waals surface area (Å²) in [5, 5.41) is 5.86. The highest BCUT2D eigenvalue weighted by atomic mass is 16.6. The van der Waals surface area contributed by atoms with E-state index < -0.39 is 11.7 Å². The third-order valence-corrected chi connectivity index (χ3v) is 2.63. The number of amides is 2. The summed E-state index contributed by atoms with van der Waals surface area (Å²) in [4.78, 5) is 25.1. The van der Waals surface area contributed by atoms with Crippen LogP contribution in [0, 0.1) is 5.92 Å². The summed E-state index contributed by atoms with van der Waals surface area (Å²) in [5.41, 5.74) is -0.501. The molecule has 124 valence electrons. The molecule has 0 aliphatic rings. The second-order valence-electron chi connectivity index (χ2n) is 6.80. The molecule has 0 spiro atoms. The van der Waals surface area contributed by atoms with Gasteiger partial charge in [0.15, 0.2) is 0 Å². The van der Waals surface area contributed by atoms with E-state index in [4.69, 9.17) is 4.74 Å². The Morgan fingerprint density at radius 1 is 1.14 bits per heavy atom. The van der Waals surface area contributed by atoms with Crippen molar-refractivity contribution in [2.24, 2.45) is 5.92 Å². The van der Waals surface area contributed by atoms with Gasteiger partial charge >= 0.3 is 6.09 Å². The number of nitrogens with zero attached hydrogens (tertiary/aromatic N) is 1. The van der Waals surface area contributed by atoms with Crippen molar-refractivity contribution in [2.45, 2.75) is 52.7 Å². The van der Waals surface area contributed by atoms with Gasteiger partial charge in [0.2, 0.25) is 5.91 Å². The van der Waals surface area contributed by atoms with Gasteiger partial charge < -0.3 is 20.3 Å². The summed E-state index contributed by atoms with van der Waals surface area (Å²) in [6.45, 7) is 10.6. The summed E-state index contributed by atoms with van der Waals surface area (Å²) < 4.78 is 5.14. The second kappa shape index (κ2) is 8.87. The lowest BCUT2D eigenvalue weighted by molar-refractivity contribution is -0.131. The molecule has 0 radical (unpaired) electrons. The molecule has 0 aromatic rings.